The van der Waals surface area contributed by atoms with Crippen LogP contribution in [0.5, 0.6) is 5.75 Å². The molecule has 0 radical (unpaired) electrons. The summed E-state index contributed by atoms with van der Waals surface area (Å²) in [6, 6.07) is 7.45. The van der Waals surface area contributed by atoms with Gasteiger partial charge in [0, 0.05) is 24.2 Å². The average Bonchev–Trinajstić information content (AvgIpc) is 3.10. The van der Waals surface area contributed by atoms with E-state index < -0.39 is 0 Å². The number of fused-ring (bicyclic) bond motifs is 1. The van der Waals surface area contributed by atoms with Crippen molar-refractivity contribution >= 4 is 23.3 Å². The van der Waals surface area contributed by atoms with Crippen molar-refractivity contribution in [3.05, 3.63) is 52.7 Å². The minimum Gasteiger partial charge on any atom is -0.497 e. The number of aromatic nitrogens is 4. The van der Waals surface area contributed by atoms with Crippen LogP contribution in [0.1, 0.15) is 37.7 Å². The van der Waals surface area contributed by atoms with Crippen LogP contribution in [0.25, 0.3) is 5.65 Å². The van der Waals surface area contributed by atoms with Crippen LogP contribution in [-0.2, 0) is 17.9 Å². The van der Waals surface area contributed by atoms with E-state index in [-0.39, 0.29) is 18.1 Å². The van der Waals surface area contributed by atoms with E-state index in [4.69, 9.17) is 4.74 Å². The molecule has 1 aromatic carbocycles. The van der Waals surface area contributed by atoms with Gasteiger partial charge in [-0.3, -0.25) is 4.79 Å². The minimum absolute atomic E-state index is 0.135. The highest BCUT2D eigenvalue weighted by atomic mass is 32.2. The number of nitrogens with zero attached hydrogens (tertiary/aromatic N) is 4. The van der Waals surface area contributed by atoms with Gasteiger partial charge in [-0.15, -0.1) is 5.10 Å². The molecule has 0 unspecified atom stereocenters. The Morgan fingerprint density at radius 1 is 1.23 bits per heavy atom. The Hall–Kier alpha value is -2.81. The molecule has 0 spiro atoms. The zero-order chi connectivity index (χ0) is 20.9. The average molecular weight is 428 g/mol. The molecule has 1 aliphatic rings. The second-order valence-electron chi connectivity index (χ2n) is 7.37. The number of carbonyl (C=O) groups is 1. The van der Waals surface area contributed by atoms with Gasteiger partial charge in [0.1, 0.15) is 17.3 Å². The van der Waals surface area contributed by atoms with Gasteiger partial charge in [-0.1, -0.05) is 43.2 Å². The van der Waals surface area contributed by atoms with Crippen molar-refractivity contribution in [2.45, 2.75) is 55.5 Å². The molecule has 1 N–H and O–H groups in total. The van der Waals surface area contributed by atoms with E-state index in [0.717, 1.165) is 29.2 Å². The van der Waals surface area contributed by atoms with Gasteiger partial charge in [0.15, 0.2) is 5.65 Å². The maximum absolute atomic E-state index is 12.7. The number of thioether (sulfide) groups is 1. The summed E-state index contributed by atoms with van der Waals surface area (Å²) in [4.78, 5) is 29.5. The predicted octanol–water partition coefficient (Wildman–Crippen LogP) is 2.64. The van der Waals surface area contributed by atoms with Crippen LogP contribution >= 0.6 is 11.8 Å². The molecular weight excluding hydrogens is 402 g/mol. The Morgan fingerprint density at radius 3 is 2.73 bits per heavy atom. The van der Waals surface area contributed by atoms with Gasteiger partial charge in [-0.05, 0) is 30.5 Å². The first-order valence-corrected chi connectivity index (χ1v) is 11.0. The summed E-state index contributed by atoms with van der Waals surface area (Å²) in [6.07, 6.45) is 9.29. The van der Waals surface area contributed by atoms with Gasteiger partial charge in [-0.2, -0.15) is 0 Å². The fraction of sp³-hybridized carbons (Fsp3) is 0.429. The van der Waals surface area contributed by atoms with Gasteiger partial charge in [0.2, 0.25) is 5.91 Å². The van der Waals surface area contributed by atoms with Crippen LogP contribution < -0.4 is 15.7 Å². The number of hydrogen-bond donors (Lipinski definition) is 1. The lowest BCUT2D eigenvalue weighted by Crippen LogP contribution is -2.32. The van der Waals surface area contributed by atoms with Crippen molar-refractivity contribution in [3.63, 3.8) is 0 Å². The smallest absolute Gasteiger partial charge is 0.350 e. The Labute approximate surface area is 178 Å². The molecule has 8 nitrogen and oxygen atoms in total. The van der Waals surface area contributed by atoms with Gasteiger partial charge < -0.3 is 10.1 Å². The molecule has 1 amide bonds. The molecule has 1 aliphatic carbocycles. The van der Waals surface area contributed by atoms with Crippen molar-refractivity contribution in [1.29, 1.82) is 0 Å². The van der Waals surface area contributed by atoms with Crippen LogP contribution in [0.4, 0.5) is 0 Å². The molecule has 158 valence electrons. The first kappa shape index (κ1) is 20.5. The molecule has 30 heavy (non-hydrogen) atoms. The highest BCUT2D eigenvalue weighted by molar-refractivity contribution is 8.00. The Morgan fingerprint density at radius 2 is 2.00 bits per heavy atom. The van der Waals surface area contributed by atoms with Crippen molar-refractivity contribution in [3.8, 4) is 5.75 Å². The SMILES string of the molecule is COc1ccc(CNC(=O)Cn2nc3c(SC4CCCCC4)nccn3c2=O)cc1. The molecule has 2 heterocycles. The summed E-state index contributed by atoms with van der Waals surface area (Å²) in [5.74, 6) is 0.489. The van der Waals surface area contributed by atoms with Gasteiger partial charge in [-0.25, -0.2) is 18.9 Å². The van der Waals surface area contributed by atoms with Gasteiger partial charge in [0.05, 0.1) is 7.11 Å². The first-order valence-electron chi connectivity index (χ1n) is 10.1. The van der Waals surface area contributed by atoms with E-state index in [9.17, 15) is 9.59 Å². The van der Waals surface area contributed by atoms with E-state index in [0.29, 0.717) is 17.4 Å². The van der Waals surface area contributed by atoms with E-state index in [1.54, 1.807) is 31.3 Å². The summed E-state index contributed by atoms with van der Waals surface area (Å²) in [5, 5.41) is 8.48. The third kappa shape index (κ3) is 4.67. The van der Waals surface area contributed by atoms with Crippen LogP contribution in [-0.4, -0.2) is 37.4 Å². The van der Waals surface area contributed by atoms with Crippen molar-refractivity contribution in [1.82, 2.24) is 24.5 Å². The van der Waals surface area contributed by atoms with Crippen molar-refractivity contribution in [2.24, 2.45) is 0 Å². The van der Waals surface area contributed by atoms with Crippen molar-refractivity contribution in [2.75, 3.05) is 7.11 Å². The largest absolute Gasteiger partial charge is 0.497 e. The number of rotatable bonds is 7. The summed E-state index contributed by atoms with van der Waals surface area (Å²) in [7, 11) is 1.61. The maximum Gasteiger partial charge on any atom is 0.350 e. The molecular formula is C21H25N5O3S. The fourth-order valence-electron chi connectivity index (χ4n) is 3.59. The monoisotopic (exact) mass is 427 g/mol. The molecule has 0 aliphatic heterocycles. The third-order valence-electron chi connectivity index (χ3n) is 5.24. The zero-order valence-electron chi connectivity index (χ0n) is 16.9. The summed E-state index contributed by atoms with van der Waals surface area (Å²) in [6.45, 7) is 0.236. The highest BCUT2D eigenvalue weighted by Gasteiger charge is 2.19. The molecule has 0 atom stereocenters. The van der Waals surface area contributed by atoms with Gasteiger partial charge >= 0.3 is 5.69 Å². The van der Waals surface area contributed by atoms with Crippen LogP contribution in [0.15, 0.2) is 46.5 Å². The number of benzene rings is 1. The van der Waals surface area contributed by atoms with E-state index in [2.05, 4.69) is 15.4 Å². The van der Waals surface area contributed by atoms with Crippen molar-refractivity contribution < 1.29 is 9.53 Å². The lowest BCUT2D eigenvalue weighted by molar-refractivity contribution is -0.122. The first-order chi connectivity index (χ1) is 14.6. The summed E-state index contributed by atoms with van der Waals surface area (Å²) >= 11 is 1.69. The lowest BCUT2D eigenvalue weighted by atomic mass is 10.0. The topological polar surface area (TPSA) is 90.5 Å². The third-order valence-corrected chi connectivity index (χ3v) is 6.56. The van der Waals surface area contributed by atoms with Crippen LogP contribution in [0.2, 0.25) is 0 Å². The number of hydrogen-bond acceptors (Lipinski definition) is 6. The number of ether oxygens (including phenoxy) is 1. The zero-order valence-corrected chi connectivity index (χ0v) is 17.7. The van der Waals surface area contributed by atoms with E-state index in [1.807, 2.05) is 24.3 Å². The van der Waals surface area contributed by atoms with E-state index in [1.165, 1.54) is 28.3 Å². The predicted molar refractivity (Wildman–Crippen MR) is 115 cm³/mol. The molecule has 1 fully saturated rings. The van der Waals surface area contributed by atoms with Crippen LogP contribution in [0, 0.1) is 0 Å². The summed E-state index contributed by atoms with van der Waals surface area (Å²) < 4.78 is 7.80. The quantitative estimate of drug-likeness (QED) is 0.623. The Kier molecular flexibility index (Phi) is 6.37. The van der Waals surface area contributed by atoms with E-state index >= 15 is 0 Å². The second-order valence-corrected chi connectivity index (χ2v) is 8.66. The number of amides is 1. The molecule has 0 bridgehead atoms. The number of carbonyl (C=O) groups excluding carboxylic acids is 1. The molecule has 4 rings (SSSR count). The molecule has 9 heteroatoms. The standard InChI is InChI=1S/C21H25N5O3S/c1-29-16-9-7-15(8-10-16)13-23-18(27)14-26-21(28)25-12-11-22-20(19(25)24-26)30-17-5-3-2-4-6-17/h7-12,17H,2-6,13-14H2,1H3,(H,23,27). The molecule has 0 saturated heterocycles. The van der Waals surface area contributed by atoms with Gasteiger partial charge in [0.25, 0.3) is 0 Å². The number of methoxy groups -OCH3 is 1. The summed E-state index contributed by atoms with van der Waals surface area (Å²) in [5.41, 5.74) is 1.13. The number of nitrogens with one attached hydrogen (secondary N) is 1. The highest BCUT2D eigenvalue weighted by Crippen LogP contribution is 2.33. The molecule has 2 aromatic heterocycles. The fourth-order valence-corrected chi connectivity index (χ4v) is 4.84. The molecule has 3 aromatic rings. The van der Waals surface area contributed by atoms with Crippen LogP contribution in [0.3, 0.4) is 0 Å². The lowest BCUT2D eigenvalue weighted by Gasteiger charge is -2.20. The second kappa shape index (κ2) is 9.34. The Bertz CT molecular complexity index is 1070. The maximum atomic E-state index is 12.7. The normalized spacial score (nSPS) is 14.7. The minimum atomic E-state index is -0.336. The molecule has 1 saturated carbocycles. The Balaban J connectivity index is 1.44.